The van der Waals surface area contributed by atoms with Crippen molar-refractivity contribution in [2.24, 2.45) is 28.6 Å². The van der Waals surface area contributed by atoms with Crippen LogP contribution in [0.4, 0.5) is 8.78 Å². The molecule has 4 N–H and O–H groups in total. The molecular weight excluding hydrogens is 398 g/mol. The summed E-state index contributed by atoms with van der Waals surface area (Å²) < 4.78 is 32.5. The molecule has 30 heavy (non-hydrogen) atoms. The van der Waals surface area contributed by atoms with E-state index in [-0.39, 0.29) is 31.5 Å². The Morgan fingerprint density at radius 3 is 2.43 bits per heavy atom. The maximum atomic E-state index is 17.0. The summed E-state index contributed by atoms with van der Waals surface area (Å²) in [5, 5.41) is 43.2. The zero-order valence-corrected chi connectivity index (χ0v) is 17.7. The van der Waals surface area contributed by atoms with Gasteiger partial charge in [-0.15, -0.1) is 0 Å². The third-order valence-electron chi connectivity index (χ3n) is 9.86. The van der Waals surface area contributed by atoms with E-state index in [1.165, 1.54) is 6.92 Å². The number of hydrogen-bond acceptors (Lipinski definition) is 6. The van der Waals surface area contributed by atoms with Crippen LogP contribution in [-0.2, 0) is 9.59 Å². The number of fused-ring (bicyclic) bond motifs is 5. The number of hydrogen-bond donors (Lipinski definition) is 4. The first-order valence-electron chi connectivity index (χ1n) is 10.9. The van der Waals surface area contributed by atoms with Crippen molar-refractivity contribution in [2.75, 3.05) is 6.61 Å². The molecule has 4 saturated carbocycles. The van der Waals surface area contributed by atoms with Gasteiger partial charge in [0, 0.05) is 29.6 Å². The topological polar surface area (TPSA) is 115 Å². The van der Waals surface area contributed by atoms with Crippen molar-refractivity contribution in [2.45, 2.75) is 88.4 Å². The van der Waals surface area contributed by atoms with Crippen LogP contribution in [0.25, 0.3) is 0 Å². The van der Waals surface area contributed by atoms with Gasteiger partial charge < -0.3 is 20.4 Å². The molecule has 0 radical (unpaired) electrons. The van der Waals surface area contributed by atoms with Crippen LogP contribution in [0.1, 0.15) is 59.3 Å². The molecular formula is C22H32F2O6. The summed E-state index contributed by atoms with van der Waals surface area (Å²) in [5.41, 5.74) is -9.46. The molecule has 0 unspecified atom stereocenters. The summed E-state index contributed by atoms with van der Waals surface area (Å²) in [6.07, 6.45) is -4.51. The van der Waals surface area contributed by atoms with E-state index in [2.05, 4.69) is 0 Å². The second kappa shape index (κ2) is 6.30. The zero-order valence-electron chi connectivity index (χ0n) is 17.7. The molecule has 8 heteroatoms. The third kappa shape index (κ3) is 2.16. The average Bonchev–Trinajstić information content (AvgIpc) is 2.88. The Balaban J connectivity index is 1.86. The van der Waals surface area contributed by atoms with Crippen LogP contribution >= 0.6 is 0 Å². The summed E-state index contributed by atoms with van der Waals surface area (Å²) in [7, 11) is 0. The Morgan fingerprint density at radius 1 is 1.20 bits per heavy atom. The molecule has 4 aliphatic rings. The van der Waals surface area contributed by atoms with E-state index in [1.807, 2.05) is 0 Å². The molecule has 0 heterocycles. The fraction of sp³-hybridized carbons (Fsp3) is 0.909. The molecule has 0 aromatic carbocycles. The third-order valence-corrected chi connectivity index (χ3v) is 9.86. The Morgan fingerprint density at radius 2 is 1.83 bits per heavy atom. The highest BCUT2D eigenvalue weighted by Gasteiger charge is 2.80. The van der Waals surface area contributed by atoms with Crippen LogP contribution < -0.4 is 0 Å². The molecule has 0 bridgehead atoms. The number of ketones is 2. The summed E-state index contributed by atoms with van der Waals surface area (Å²) in [6.45, 7) is 3.80. The van der Waals surface area contributed by atoms with Gasteiger partial charge in [0.2, 0.25) is 0 Å². The smallest absolute Gasteiger partial charge is 0.190 e. The quantitative estimate of drug-likeness (QED) is 0.524. The summed E-state index contributed by atoms with van der Waals surface area (Å²) >= 11 is 0. The van der Waals surface area contributed by atoms with Gasteiger partial charge in [0.1, 0.15) is 35.4 Å². The highest BCUT2D eigenvalue weighted by Crippen LogP contribution is 2.72. The standard InChI is InChI=1S/C22H32F2O6/c1-11-6-13-14-7-15(23)20(29)8-12(26)4-5-19(20,3)21(14,24)16(27)9-18(13,2)22(11,30)17(28)10-25/h11,13-16,25,27,29-30H,4-10H2,1-3H3/t11-,13+,14+,15-,16+,18+,19+,20+,21+,22+/m1/s1. The molecule has 170 valence electrons. The first-order valence-corrected chi connectivity index (χ1v) is 10.9. The SMILES string of the molecule is C[C@@H]1C[C@H]2[C@@H]3C[C@@H](F)[C@@]4(O)CC(=O)CC[C@]4(C)[C@@]3(F)[C@@H](O)C[C@]2(C)[C@@]1(O)C(=O)CO. The monoisotopic (exact) mass is 430 g/mol. The Bertz CT molecular complexity index is 792. The summed E-state index contributed by atoms with van der Waals surface area (Å²) in [6, 6.07) is 0. The van der Waals surface area contributed by atoms with Crippen LogP contribution in [-0.4, -0.2) is 67.7 Å². The molecule has 4 fully saturated rings. The van der Waals surface area contributed by atoms with Crippen molar-refractivity contribution in [3.8, 4) is 0 Å². The van der Waals surface area contributed by atoms with Crippen molar-refractivity contribution in [1.82, 2.24) is 0 Å². The van der Waals surface area contributed by atoms with E-state index in [4.69, 9.17) is 0 Å². The highest BCUT2D eigenvalue weighted by atomic mass is 19.1. The summed E-state index contributed by atoms with van der Waals surface area (Å²) in [4.78, 5) is 24.6. The van der Waals surface area contributed by atoms with Gasteiger partial charge in [-0.2, -0.15) is 0 Å². The van der Waals surface area contributed by atoms with Crippen molar-refractivity contribution in [3.05, 3.63) is 0 Å². The molecule has 6 nitrogen and oxygen atoms in total. The van der Waals surface area contributed by atoms with Gasteiger partial charge in [0.25, 0.3) is 0 Å². The molecule has 0 aromatic heterocycles. The second-order valence-corrected chi connectivity index (χ2v) is 10.8. The maximum Gasteiger partial charge on any atom is 0.190 e. The summed E-state index contributed by atoms with van der Waals surface area (Å²) in [5.74, 6) is -3.38. The van der Waals surface area contributed by atoms with E-state index in [1.54, 1.807) is 13.8 Å². The van der Waals surface area contributed by atoms with Gasteiger partial charge in [-0.3, -0.25) is 9.59 Å². The molecule has 4 rings (SSSR count). The number of alkyl halides is 2. The molecule has 0 aliphatic heterocycles. The molecule has 0 saturated heterocycles. The van der Waals surface area contributed by atoms with E-state index in [0.29, 0.717) is 0 Å². The number of carbonyl (C=O) groups excluding carboxylic acids is 2. The fourth-order valence-corrected chi connectivity index (χ4v) is 8.08. The fourth-order valence-electron chi connectivity index (χ4n) is 8.08. The van der Waals surface area contributed by atoms with Gasteiger partial charge in [-0.25, -0.2) is 8.78 Å². The van der Waals surface area contributed by atoms with Gasteiger partial charge in [-0.1, -0.05) is 20.8 Å². The van der Waals surface area contributed by atoms with E-state index in [0.717, 1.165) is 0 Å². The van der Waals surface area contributed by atoms with Crippen molar-refractivity contribution in [1.29, 1.82) is 0 Å². The number of halogens is 2. The number of aliphatic hydroxyl groups is 4. The predicted octanol–water partition coefficient (Wildman–Crippen LogP) is 1.26. The average molecular weight is 430 g/mol. The zero-order chi connectivity index (χ0) is 22.5. The maximum absolute atomic E-state index is 17.0. The largest absolute Gasteiger partial charge is 0.390 e. The van der Waals surface area contributed by atoms with Gasteiger partial charge in [0.05, 0.1) is 6.10 Å². The van der Waals surface area contributed by atoms with Gasteiger partial charge >= 0.3 is 0 Å². The minimum Gasteiger partial charge on any atom is -0.390 e. The molecule has 0 spiro atoms. The Hall–Kier alpha value is -0.960. The molecule has 4 aliphatic carbocycles. The highest BCUT2D eigenvalue weighted by molar-refractivity contribution is 5.90. The van der Waals surface area contributed by atoms with Crippen LogP contribution in [0.3, 0.4) is 0 Å². The number of Topliss-reactive ketones (excluding diaryl/α,β-unsaturated/α-hetero) is 2. The normalized spacial score (nSPS) is 58.0. The van der Waals surface area contributed by atoms with Crippen molar-refractivity contribution >= 4 is 11.6 Å². The number of aliphatic hydroxyl groups excluding tert-OH is 2. The van der Waals surface area contributed by atoms with Gasteiger partial charge in [-0.05, 0) is 37.5 Å². The van der Waals surface area contributed by atoms with Crippen LogP contribution in [0.5, 0.6) is 0 Å². The number of rotatable bonds is 2. The van der Waals surface area contributed by atoms with E-state index < -0.39 is 83.0 Å². The number of carbonyl (C=O) groups is 2. The van der Waals surface area contributed by atoms with Crippen molar-refractivity contribution in [3.63, 3.8) is 0 Å². The minimum absolute atomic E-state index is 0.00190. The first kappa shape index (κ1) is 22.2. The van der Waals surface area contributed by atoms with Crippen LogP contribution in [0.15, 0.2) is 0 Å². The lowest BCUT2D eigenvalue weighted by Gasteiger charge is -2.67. The molecule has 10 atom stereocenters. The van der Waals surface area contributed by atoms with Gasteiger partial charge in [0.15, 0.2) is 5.78 Å². The minimum atomic E-state index is -2.37. The molecule has 0 aromatic rings. The molecule has 0 amide bonds. The van der Waals surface area contributed by atoms with Crippen LogP contribution in [0.2, 0.25) is 0 Å². The second-order valence-electron chi connectivity index (χ2n) is 10.8. The Kier molecular flexibility index (Phi) is 4.67. The lowest BCUT2D eigenvalue weighted by Crippen LogP contribution is -2.78. The van der Waals surface area contributed by atoms with E-state index in [9.17, 15) is 30.0 Å². The predicted molar refractivity (Wildman–Crippen MR) is 102 cm³/mol. The lowest BCUT2D eigenvalue weighted by atomic mass is 9.40. The Labute approximate surface area is 174 Å². The van der Waals surface area contributed by atoms with E-state index >= 15 is 8.78 Å². The lowest BCUT2D eigenvalue weighted by molar-refractivity contribution is -0.309. The van der Waals surface area contributed by atoms with Crippen molar-refractivity contribution < 1.29 is 38.8 Å². The first-order chi connectivity index (χ1) is 13.7. The van der Waals surface area contributed by atoms with Crippen LogP contribution in [0, 0.1) is 28.6 Å².